The summed E-state index contributed by atoms with van der Waals surface area (Å²) in [6.45, 7) is 0. The molecule has 4 aromatic rings. The highest BCUT2D eigenvalue weighted by Gasteiger charge is 2.12. The molecule has 0 aliphatic carbocycles. The molecule has 5 nitrogen and oxygen atoms in total. The zero-order valence-corrected chi connectivity index (χ0v) is 14.2. The first kappa shape index (κ1) is 15.5. The van der Waals surface area contributed by atoms with Gasteiger partial charge in [0.1, 0.15) is 11.6 Å². The maximum absolute atomic E-state index is 6.33. The van der Waals surface area contributed by atoms with Gasteiger partial charge in [-0.1, -0.05) is 23.7 Å². The van der Waals surface area contributed by atoms with Crippen molar-refractivity contribution >= 4 is 23.1 Å². The van der Waals surface area contributed by atoms with Crippen molar-refractivity contribution in [3.8, 4) is 28.1 Å². The lowest BCUT2D eigenvalue weighted by atomic mass is 10.1. The van der Waals surface area contributed by atoms with Crippen LogP contribution in [0.4, 0.5) is 5.82 Å². The first-order valence-electron chi connectivity index (χ1n) is 7.70. The minimum atomic E-state index is 0.534. The molecule has 124 valence electrons. The summed E-state index contributed by atoms with van der Waals surface area (Å²) in [6, 6.07) is 17.1. The van der Waals surface area contributed by atoms with E-state index in [0.717, 1.165) is 28.1 Å². The van der Waals surface area contributed by atoms with Crippen LogP contribution in [-0.4, -0.2) is 21.7 Å². The Hall–Kier alpha value is -3.05. The molecule has 0 saturated carbocycles. The number of nitrogens with two attached hydrogens (primary N) is 1. The minimum absolute atomic E-state index is 0.534. The van der Waals surface area contributed by atoms with Crippen LogP contribution in [0.2, 0.25) is 5.02 Å². The van der Waals surface area contributed by atoms with Crippen LogP contribution in [0.5, 0.6) is 5.75 Å². The molecule has 0 aliphatic heterocycles. The van der Waals surface area contributed by atoms with Gasteiger partial charge in [-0.25, -0.2) is 4.98 Å². The Morgan fingerprint density at radius 1 is 1.00 bits per heavy atom. The molecule has 25 heavy (non-hydrogen) atoms. The number of anilines is 1. The molecule has 0 fully saturated rings. The molecule has 0 amide bonds. The van der Waals surface area contributed by atoms with Gasteiger partial charge in [0.15, 0.2) is 5.65 Å². The Balaban J connectivity index is 1.80. The number of nitrogen functional groups attached to an aromatic ring is 1. The molecule has 0 unspecified atom stereocenters. The van der Waals surface area contributed by atoms with Crippen molar-refractivity contribution in [2.24, 2.45) is 0 Å². The highest BCUT2D eigenvalue weighted by Crippen LogP contribution is 2.29. The Morgan fingerprint density at radius 2 is 1.68 bits per heavy atom. The van der Waals surface area contributed by atoms with E-state index in [1.807, 2.05) is 54.6 Å². The summed E-state index contributed by atoms with van der Waals surface area (Å²) in [5, 5.41) is 5.28. The molecule has 2 aromatic carbocycles. The van der Waals surface area contributed by atoms with Crippen molar-refractivity contribution in [3.05, 3.63) is 65.8 Å². The molecule has 0 atom stereocenters. The van der Waals surface area contributed by atoms with E-state index in [1.165, 1.54) is 0 Å². The van der Waals surface area contributed by atoms with Crippen LogP contribution < -0.4 is 10.5 Å². The number of aromatic nitrogens is 3. The van der Waals surface area contributed by atoms with Gasteiger partial charge in [0, 0.05) is 28.4 Å². The molecule has 0 spiro atoms. The van der Waals surface area contributed by atoms with E-state index in [9.17, 15) is 0 Å². The molecule has 0 bridgehead atoms. The third-order valence-corrected chi connectivity index (χ3v) is 4.31. The summed E-state index contributed by atoms with van der Waals surface area (Å²) in [5.41, 5.74) is 10.6. The van der Waals surface area contributed by atoms with Gasteiger partial charge in [0.2, 0.25) is 0 Å². The lowest BCUT2D eigenvalue weighted by molar-refractivity contribution is 0.415. The molecule has 0 saturated heterocycles. The van der Waals surface area contributed by atoms with Crippen molar-refractivity contribution in [2.45, 2.75) is 0 Å². The lowest BCUT2D eigenvalue weighted by Gasteiger charge is -2.07. The van der Waals surface area contributed by atoms with E-state index in [1.54, 1.807) is 17.8 Å². The topological polar surface area (TPSA) is 65.4 Å². The van der Waals surface area contributed by atoms with Crippen molar-refractivity contribution < 1.29 is 4.74 Å². The maximum Gasteiger partial charge on any atom is 0.157 e. The van der Waals surface area contributed by atoms with Crippen LogP contribution in [0.15, 0.2) is 60.8 Å². The van der Waals surface area contributed by atoms with E-state index in [-0.39, 0.29) is 0 Å². The Labute approximate surface area is 149 Å². The predicted octanol–water partition coefficient (Wildman–Crippen LogP) is 4.31. The highest BCUT2D eigenvalue weighted by atomic mass is 35.5. The summed E-state index contributed by atoms with van der Waals surface area (Å²) < 4.78 is 6.85. The monoisotopic (exact) mass is 350 g/mol. The number of halogens is 1. The number of fused-ring (bicyclic) bond motifs is 1. The second-order valence-electron chi connectivity index (χ2n) is 5.59. The number of hydrogen-bond donors (Lipinski definition) is 1. The Morgan fingerprint density at radius 3 is 2.36 bits per heavy atom. The summed E-state index contributed by atoms with van der Waals surface area (Å²) in [7, 11) is 1.64. The third kappa shape index (κ3) is 2.79. The van der Waals surface area contributed by atoms with Gasteiger partial charge in [-0.2, -0.15) is 9.61 Å². The normalized spacial score (nSPS) is 11.0. The summed E-state index contributed by atoms with van der Waals surface area (Å²) in [4.78, 5) is 4.48. The minimum Gasteiger partial charge on any atom is -0.497 e. The molecule has 6 heteroatoms. The Bertz CT molecular complexity index is 1040. The molecule has 2 aromatic heterocycles. The molecule has 2 heterocycles. The number of rotatable bonds is 3. The highest BCUT2D eigenvalue weighted by molar-refractivity contribution is 6.30. The molecule has 2 N–H and O–H groups in total. The molecule has 0 aliphatic rings. The second-order valence-corrected chi connectivity index (χ2v) is 6.03. The van der Waals surface area contributed by atoms with Crippen LogP contribution in [0.1, 0.15) is 0 Å². The van der Waals surface area contributed by atoms with Crippen LogP contribution >= 0.6 is 11.6 Å². The quantitative estimate of drug-likeness (QED) is 0.598. The van der Waals surface area contributed by atoms with Crippen LogP contribution in [-0.2, 0) is 0 Å². The largest absolute Gasteiger partial charge is 0.497 e. The van der Waals surface area contributed by atoms with Crippen molar-refractivity contribution in [2.75, 3.05) is 12.8 Å². The fourth-order valence-corrected chi connectivity index (χ4v) is 2.83. The van der Waals surface area contributed by atoms with Crippen LogP contribution in [0.25, 0.3) is 28.0 Å². The predicted molar refractivity (Wildman–Crippen MR) is 99.8 cm³/mol. The fraction of sp³-hybridized carbons (Fsp3) is 0.0526. The molecule has 0 radical (unpaired) electrons. The average Bonchev–Trinajstić information content (AvgIpc) is 3.08. The number of ether oxygens (including phenoxy) is 1. The van der Waals surface area contributed by atoms with Crippen LogP contribution in [0, 0.1) is 0 Å². The smallest absolute Gasteiger partial charge is 0.157 e. The SMILES string of the molecule is COc1ccc(-c2cc3ncc(-c4ccc(Cl)cc4)c(N)n3n2)cc1. The fourth-order valence-electron chi connectivity index (χ4n) is 2.71. The van der Waals surface area contributed by atoms with Gasteiger partial charge >= 0.3 is 0 Å². The van der Waals surface area contributed by atoms with Gasteiger partial charge < -0.3 is 10.5 Å². The second kappa shape index (κ2) is 6.11. The first-order valence-corrected chi connectivity index (χ1v) is 8.08. The van der Waals surface area contributed by atoms with E-state index < -0.39 is 0 Å². The third-order valence-electron chi connectivity index (χ3n) is 4.06. The van der Waals surface area contributed by atoms with Gasteiger partial charge in [-0.05, 0) is 42.0 Å². The van der Waals surface area contributed by atoms with Gasteiger partial charge in [0.25, 0.3) is 0 Å². The van der Waals surface area contributed by atoms with E-state index >= 15 is 0 Å². The lowest BCUT2D eigenvalue weighted by Crippen LogP contribution is -2.02. The summed E-state index contributed by atoms with van der Waals surface area (Å²) >= 11 is 5.95. The number of nitrogens with zero attached hydrogens (tertiary/aromatic N) is 3. The number of hydrogen-bond acceptors (Lipinski definition) is 4. The Kier molecular flexibility index (Phi) is 3.78. The van der Waals surface area contributed by atoms with Gasteiger partial charge in [0.05, 0.1) is 12.8 Å². The number of methoxy groups -OCH3 is 1. The van der Waals surface area contributed by atoms with E-state index in [0.29, 0.717) is 16.5 Å². The zero-order valence-electron chi connectivity index (χ0n) is 13.5. The standard InChI is InChI=1S/C19H15ClN4O/c1-25-15-8-4-13(5-9-15)17-10-18-22-11-16(19(21)24(18)23-17)12-2-6-14(20)7-3-12/h2-11H,21H2,1H3. The van der Waals surface area contributed by atoms with Gasteiger partial charge in [-0.3, -0.25) is 0 Å². The van der Waals surface area contributed by atoms with Crippen molar-refractivity contribution in [3.63, 3.8) is 0 Å². The van der Waals surface area contributed by atoms with Gasteiger partial charge in [-0.15, -0.1) is 0 Å². The molecule has 4 rings (SSSR count). The summed E-state index contributed by atoms with van der Waals surface area (Å²) in [6.07, 6.45) is 1.76. The first-order chi connectivity index (χ1) is 12.2. The molecular formula is C19H15ClN4O. The van der Waals surface area contributed by atoms with Crippen molar-refractivity contribution in [1.82, 2.24) is 14.6 Å². The maximum atomic E-state index is 6.33. The average molecular weight is 351 g/mol. The molecular weight excluding hydrogens is 336 g/mol. The van der Waals surface area contributed by atoms with E-state index in [4.69, 9.17) is 22.1 Å². The van der Waals surface area contributed by atoms with Crippen molar-refractivity contribution in [1.29, 1.82) is 0 Å². The van der Waals surface area contributed by atoms with Crippen LogP contribution in [0.3, 0.4) is 0 Å². The number of benzene rings is 2. The summed E-state index contributed by atoms with van der Waals surface area (Å²) in [5.74, 6) is 1.34. The zero-order chi connectivity index (χ0) is 17.4. The van der Waals surface area contributed by atoms with E-state index in [2.05, 4.69) is 10.1 Å².